The van der Waals surface area contributed by atoms with Crippen molar-refractivity contribution in [3.05, 3.63) is 41.7 Å². The smallest absolute Gasteiger partial charge is 0.223 e. The standard InChI is InChI=1S/C18H24N4O3/c1-13-11-25-12-16-10-22(21-20-16)8-7-15(18(23)19-13)9-14-3-5-17(24-2)6-4-14/h3-6,10,13,15H,7-9,11-12H2,1-2H3,(H,19,23)/t13-,15-/m0/s1. The van der Waals surface area contributed by atoms with Gasteiger partial charge in [0.2, 0.25) is 5.91 Å². The Morgan fingerprint density at radius 2 is 2.16 bits per heavy atom. The summed E-state index contributed by atoms with van der Waals surface area (Å²) in [6, 6.07) is 7.80. The van der Waals surface area contributed by atoms with Gasteiger partial charge < -0.3 is 14.8 Å². The molecule has 134 valence electrons. The lowest BCUT2D eigenvalue weighted by atomic mass is 9.95. The number of benzene rings is 1. The van der Waals surface area contributed by atoms with Crippen molar-refractivity contribution in [2.24, 2.45) is 5.92 Å². The van der Waals surface area contributed by atoms with Crippen molar-refractivity contribution in [3.63, 3.8) is 0 Å². The molecule has 7 nitrogen and oxygen atoms in total. The number of aromatic nitrogens is 3. The first-order chi connectivity index (χ1) is 12.1. The fourth-order valence-electron chi connectivity index (χ4n) is 2.92. The summed E-state index contributed by atoms with van der Waals surface area (Å²) in [6.45, 7) is 3.46. The quantitative estimate of drug-likeness (QED) is 0.914. The molecule has 0 radical (unpaired) electrons. The molecular weight excluding hydrogens is 320 g/mol. The topological polar surface area (TPSA) is 78.3 Å². The second kappa shape index (κ2) is 8.11. The zero-order valence-electron chi connectivity index (χ0n) is 14.6. The Kier molecular flexibility index (Phi) is 5.65. The van der Waals surface area contributed by atoms with Gasteiger partial charge in [0.1, 0.15) is 11.4 Å². The number of nitrogens with one attached hydrogen (secondary N) is 1. The molecule has 1 amide bonds. The Hall–Kier alpha value is -2.41. The number of carbonyl (C=O) groups is 1. The molecule has 1 N–H and O–H groups in total. The minimum atomic E-state index is -0.136. The number of hydrogen-bond acceptors (Lipinski definition) is 5. The number of fused-ring (bicyclic) bond motifs is 2. The average molecular weight is 344 g/mol. The van der Waals surface area contributed by atoms with Gasteiger partial charge in [-0.2, -0.15) is 0 Å². The number of carbonyl (C=O) groups excluding carboxylic acids is 1. The third-order valence-corrected chi connectivity index (χ3v) is 4.31. The summed E-state index contributed by atoms with van der Waals surface area (Å²) in [5.74, 6) is 0.726. The van der Waals surface area contributed by atoms with Crippen molar-refractivity contribution in [3.8, 4) is 5.75 Å². The fraction of sp³-hybridized carbons (Fsp3) is 0.500. The largest absolute Gasteiger partial charge is 0.497 e. The van der Waals surface area contributed by atoms with E-state index in [1.165, 1.54) is 0 Å². The molecule has 1 aliphatic heterocycles. The van der Waals surface area contributed by atoms with E-state index in [1.807, 2.05) is 37.4 Å². The van der Waals surface area contributed by atoms with Crippen LogP contribution in [0.1, 0.15) is 24.6 Å². The highest BCUT2D eigenvalue weighted by molar-refractivity contribution is 5.79. The molecule has 0 spiro atoms. The number of rotatable bonds is 3. The van der Waals surface area contributed by atoms with Crippen molar-refractivity contribution >= 4 is 5.91 Å². The summed E-state index contributed by atoms with van der Waals surface area (Å²) in [4.78, 5) is 12.7. The molecule has 3 rings (SSSR count). The molecule has 1 aliphatic rings. The molecule has 25 heavy (non-hydrogen) atoms. The molecule has 2 aromatic rings. The van der Waals surface area contributed by atoms with Crippen molar-refractivity contribution in [1.29, 1.82) is 0 Å². The van der Waals surface area contributed by atoms with Crippen LogP contribution < -0.4 is 10.1 Å². The summed E-state index contributed by atoms with van der Waals surface area (Å²) in [7, 11) is 1.64. The van der Waals surface area contributed by atoms with Crippen LogP contribution in [0.5, 0.6) is 5.75 Å². The molecule has 7 heteroatoms. The Morgan fingerprint density at radius 1 is 1.36 bits per heavy atom. The molecule has 2 atom stereocenters. The third-order valence-electron chi connectivity index (χ3n) is 4.31. The minimum absolute atomic E-state index is 0.0414. The van der Waals surface area contributed by atoms with E-state index in [-0.39, 0.29) is 17.9 Å². The first kappa shape index (κ1) is 17.4. The van der Waals surface area contributed by atoms with E-state index in [4.69, 9.17) is 9.47 Å². The van der Waals surface area contributed by atoms with Gasteiger partial charge in [0.25, 0.3) is 0 Å². The van der Waals surface area contributed by atoms with Gasteiger partial charge in [-0.25, -0.2) is 0 Å². The minimum Gasteiger partial charge on any atom is -0.497 e. The summed E-state index contributed by atoms with van der Waals surface area (Å²) in [5, 5.41) is 11.3. The van der Waals surface area contributed by atoms with Gasteiger partial charge in [0, 0.05) is 18.5 Å². The molecule has 1 aromatic carbocycles. The van der Waals surface area contributed by atoms with E-state index in [9.17, 15) is 4.79 Å². The molecule has 0 aliphatic carbocycles. The lowest BCUT2D eigenvalue weighted by Crippen LogP contribution is -2.40. The summed E-state index contributed by atoms with van der Waals surface area (Å²) in [5.41, 5.74) is 1.92. The molecule has 2 heterocycles. The zero-order valence-corrected chi connectivity index (χ0v) is 14.6. The van der Waals surface area contributed by atoms with Gasteiger partial charge in [-0.3, -0.25) is 9.48 Å². The van der Waals surface area contributed by atoms with E-state index < -0.39 is 0 Å². The van der Waals surface area contributed by atoms with Gasteiger partial charge in [0.15, 0.2) is 0 Å². The van der Waals surface area contributed by atoms with Crippen molar-refractivity contribution in [1.82, 2.24) is 20.3 Å². The Bertz CT molecular complexity index is 699. The maximum atomic E-state index is 12.7. The Balaban J connectivity index is 1.74. The second-order valence-electron chi connectivity index (χ2n) is 6.44. The highest BCUT2D eigenvalue weighted by atomic mass is 16.5. The summed E-state index contributed by atoms with van der Waals surface area (Å²) in [6.07, 6.45) is 3.26. The highest BCUT2D eigenvalue weighted by Gasteiger charge is 2.22. The number of amides is 1. The van der Waals surface area contributed by atoms with Crippen LogP contribution in [0.15, 0.2) is 30.5 Å². The van der Waals surface area contributed by atoms with Crippen molar-refractivity contribution in [2.75, 3.05) is 13.7 Å². The average Bonchev–Trinajstić information content (AvgIpc) is 3.06. The molecule has 1 aromatic heterocycles. The third kappa shape index (κ3) is 4.79. The number of methoxy groups -OCH3 is 1. The maximum Gasteiger partial charge on any atom is 0.223 e. The lowest BCUT2D eigenvalue weighted by molar-refractivity contribution is -0.126. The van der Waals surface area contributed by atoms with Crippen LogP contribution in [0.4, 0.5) is 0 Å². The van der Waals surface area contributed by atoms with Crippen LogP contribution in [0.3, 0.4) is 0 Å². The molecule has 0 unspecified atom stereocenters. The van der Waals surface area contributed by atoms with Gasteiger partial charge in [-0.1, -0.05) is 17.3 Å². The second-order valence-corrected chi connectivity index (χ2v) is 6.44. The van der Waals surface area contributed by atoms with Gasteiger partial charge in [-0.15, -0.1) is 5.10 Å². The monoisotopic (exact) mass is 344 g/mol. The van der Waals surface area contributed by atoms with E-state index in [2.05, 4.69) is 15.6 Å². The molecule has 0 fully saturated rings. The van der Waals surface area contributed by atoms with Gasteiger partial charge >= 0.3 is 0 Å². The first-order valence-corrected chi connectivity index (χ1v) is 8.54. The number of aryl methyl sites for hydroxylation is 1. The molecule has 0 saturated carbocycles. The van der Waals surface area contributed by atoms with Crippen LogP contribution in [-0.2, 0) is 29.1 Å². The summed E-state index contributed by atoms with van der Waals surface area (Å²) >= 11 is 0. The predicted octanol–water partition coefficient (Wildman–Crippen LogP) is 1.57. The maximum absolute atomic E-state index is 12.7. The zero-order chi connectivity index (χ0) is 17.6. The predicted molar refractivity (Wildman–Crippen MR) is 92.1 cm³/mol. The van der Waals surface area contributed by atoms with Crippen molar-refractivity contribution in [2.45, 2.75) is 39.0 Å². The number of nitrogens with zero attached hydrogens (tertiary/aromatic N) is 3. The number of hydrogen-bond donors (Lipinski definition) is 1. The Morgan fingerprint density at radius 3 is 2.92 bits per heavy atom. The van der Waals surface area contributed by atoms with Crippen LogP contribution in [0.2, 0.25) is 0 Å². The van der Waals surface area contributed by atoms with Gasteiger partial charge in [-0.05, 0) is 37.5 Å². The highest BCUT2D eigenvalue weighted by Crippen LogP contribution is 2.18. The van der Waals surface area contributed by atoms with Crippen LogP contribution in [0, 0.1) is 5.92 Å². The lowest BCUT2D eigenvalue weighted by Gasteiger charge is -2.21. The fourth-order valence-corrected chi connectivity index (χ4v) is 2.92. The van der Waals surface area contributed by atoms with E-state index in [1.54, 1.807) is 11.8 Å². The van der Waals surface area contributed by atoms with Crippen LogP contribution >= 0.6 is 0 Å². The first-order valence-electron chi connectivity index (χ1n) is 8.54. The normalized spacial score (nSPS) is 21.8. The molecular formula is C18H24N4O3. The SMILES string of the molecule is COc1ccc(C[C@@H]2CCn3cc(nn3)COC[C@H](C)NC2=O)cc1. The molecule has 0 saturated heterocycles. The van der Waals surface area contributed by atoms with Crippen LogP contribution in [-0.4, -0.2) is 40.7 Å². The number of ether oxygens (including phenoxy) is 2. The Labute approximate surface area is 147 Å². The van der Waals surface area contributed by atoms with Gasteiger partial charge in [0.05, 0.1) is 26.5 Å². The van der Waals surface area contributed by atoms with Crippen molar-refractivity contribution < 1.29 is 14.3 Å². The molecule has 2 bridgehead atoms. The van der Waals surface area contributed by atoms with Crippen LogP contribution in [0.25, 0.3) is 0 Å². The summed E-state index contributed by atoms with van der Waals surface area (Å²) < 4.78 is 12.6. The van der Waals surface area contributed by atoms with E-state index >= 15 is 0 Å². The van der Waals surface area contributed by atoms with E-state index in [0.717, 1.165) is 17.0 Å². The van der Waals surface area contributed by atoms with E-state index in [0.29, 0.717) is 32.6 Å².